The molecule has 2 rings (SSSR count). The molecule has 4 heteroatoms. The molecule has 1 fully saturated rings. The fourth-order valence-electron chi connectivity index (χ4n) is 2.52. The molecule has 0 atom stereocenters. The van der Waals surface area contributed by atoms with E-state index in [1.165, 1.54) is 25.7 Å². The number of nitrogens with zero attached hydrogens (tertiary/aromatic N) is 3. The topological polar surface area (TPSA) is 42.7 Å². The summed E-state index contributed by atoms with van der Waals surface area (Å²) in [5.74, 6) is 2.15. The maximum Gasteiger partial charge on any atom is 0.147 e. The lowest BCUT2D eigenvalue weighted by Crippen LogP contribution is -2.36. The summed E-state index contributed by atoms with van der Waals surface area (Å²) in [5.41, 5.74) is 0.125. The van der Waals surface area contributed by atoms with E-state index >= 15 is 0 Å². The summed E-state index contributed by atoms with van der Waals surface area (Å²) in [6.07, 6.45) is 5.24. The molecule has 0 saturated heterocycles. The fourth-order valence-corrected chi connectivity index (χ4v) is 2.52. The molecule has 0 spiro atoms. The SMILES string of the molecule is Cc1nnc(CNC(C)(C)C)n1C1CCCC1. The highest BCUT2D eigenvalue weighted by Gasteiger charge is 2.22. The van der Waals surface area contributed by atoms with Crippen LogP contribution >= 0.6 is 0 Å². The molecule has 0 amide bonds. The Morgan fingerprint density at radius 2 is 1.88 bits per heavy atom. The van der Waals surface area contributed by atoms with Crippen LogP contribution in [0.25, 0.3) is 0 Å². The van der Waals surface area contributed by atoms with Crippen molar-refractivity contribution >= 4 is 0 Å². The average Bonchev–Trinajstić information content (AvgIpc) is 2.82. The van der Waals surface area contributed by atoms with Gasteiger partial charge in [0, 0.05) is 11.6 Å². The van der Waals surface area contributed by atoms with Crippen molar-refractivity contribution in [3.05, 3.63) is 11.6 Å². The van der Waals surface area contributed by atoms with Gasteiger partial charge in [0.05, 0.1) is 6.54 Å². The molecule has 4 nitrogen and oxygen atoms in total. The molecule has 0 unspecified atom stereocenters. The Labute approximate surface area is 104 Å². The van der Waals surface area contributed by atoms with Crippen LogP contribution in [0, 0.1) is 6.92 Å². The van der Waals surface area contributed by atoms with Gasteiger partial charge < -0.3 is 9.88 Å². The van der Waals surface area contributed by atoms with Crippen molar-refractivity contribution in [3.8, 4) is 0 Å². The number of aryl methyl sites for hydroxylation is 1. The minimum Gasteiger partial charge on any atom is -0.311 e. The van der Waals surface area contributed by atoms with E-state index in [2.05, 4.69) is 47.8 Å². The van der Waals surface area contributed by atoms with Gasteiger partial charge in [-0.3, -0.25) is 0 Å². The van der Waals surface area contributed by atoms with Crippen LogP contribution in [0.15, 0.2) is 0 Å². The second-order valence-electron chi connectivity index (χ2n) is 6.08. The van der Waals surface area contributed by atoms with E-state index in [4.69, 9.17) is 0 Å². The second-order valence-corrected chi connectivity index (χ2v) is 6.08. The molecular weight excluding hydrogens is 212 g/mol. The van der Waals surface area contributed by atoms with E-state index < -0.39 is 0 Å². The molecule has 96 valence electrons. The van der Waals surface area contributed by atoms with E-state index in [0.717, 1.165) is 18.2 Å². The highest BCUT2D eigenvalue weighted by Crippen LogP contribution is 2.31. The molecule has 0 aromatic carbocycles. The van der Waals surface area contributed by atoms with Gasteiger partial charge in [-0.1, -0.05) is 12.8 Å². The van der Waals surface area contributed by atoms with E-state index in [1.807, 2.05) is 0 Å². The molecular formula is C13H24N4. The lowest BCUT2D eigenvalue weighted by molar-refractivity contribution is 0.399. The first-order chi connectivity index (χ1) is 7.97. The Balaban J connectivity index is 2.11. The molecule has 17 heavy (non-hydrogen) atoms. The van der Waals surface area contributed by atoms with Gasteiger partial charge in [0.2, 0.25) is 0 Å². The highest BCUT2D eigenvalue weighted by molar-refractivity contribution is 4.99. The summed E-state index contributed by atoms with van der Waals surface area (Å²) in [6.45, 7) is 9.40. The minimum atomic E-state index is 0.125. The third-order valence-corrected chi connectivity index (χ3v) is 3.40. The molecule has 0 bridgehead atoms. The first-order valence-corrected chi connectivity index (χ1v) is 6.63. The first kappa shape index (κ1) is 12.6. The Bertz CT molecular complexity index is 369. The van der Waals surface area contributed by atoms with Crippen LogP contribution in [0.3, 0.4) is 0 Å². The summed E-state index contributed by atoms with van der Waals surface area (Å²) >= 11 is 0. The molecule has 1 aliphatic carbocycles. The zero-order valence-electron chi connectivity index (χ0n) is 11.5. The molecule has 1 aromatic heterocycles. The highest BCUT2D eigenvalue weighted by atomic mass is 15.3. The van der Waals surface area contributed by atoms with Crippen molar-refractivity contribution in [1.29, 1.82) is 0 Å². The largest absolute Gasteiger partial charge is 0.311 e. The number of aromatic nitrogens is 3. The average molecular weight is 236 g/mol. The van der Waals surface area contributed by atoms with Crippen LogP contribution < -0.4 is 5.32 Å². The Hall–Kier alpha value is -0.900. The molecule has 1 N–H and O–H groups in total. The minimum absolute atomic E-state index is 0.125. The van der Waals surface area contributed by atoms with Crippen LogP contribution in [-0.2, 0) is 6.54 Å². The second kappa shape index (κ2) is 4.77. The third-order valence-electron chi connectivity index (χ3n) is 3.40. The van der Waals surface area contributed by atoms with Gasteiger partial charge >= 0.3 is 0 Å². The van der Waals surface area contributed by atoms with Gasteiger partial charge in [0.1, 0.15) is 11.6 Å². The predicted molar refractivity (Wildman–Crippen MR) is 68.9 cm³/mol. The maximum absolute atomic E-state index is 4.31. The van der Waals surface area contributed by atoms with Gasteiger partial charge in [-0.05, 0) is 40.5 Å². The van der Waals surface area contributed by atoms with E-state index in [9.17, 15) is 0 Å². The van der Waals surface area contributed by atoms with Crippen molar-refractivity contribution in [1.82, 2.24) is 20.1 Å². The summed E-state index contributed by atoms with van der Waals surface area (Å²) in [4.78, 5) is 0. The maximum atomic E-state index is 4.31. The Morgan fingerprint density at radius 1 is 1.24 bits per heavy atom. The Kier molecular flexibility index (Phi) is 3.52. The zero-order valence-corrected chi connectivity index (χ0v) is 11.5. The van der Waals surface area contributed by atoms with Crippen molar-refractivity contribution in [3.63, 3.8) is 0 Å². The summed E-state index contributed by atoms with van der Waals surface area (Å²) in [7, 11) is 0. The summed E-state index contributed by atoms with van der Waals surface area (Å²) in [6, 6.07) is 0.627. The molecule has 1 saturated carbocycles. The normalized spacial score (nSPS) is 17.9. The third kappa shape index (κ3) is 3.06. The quantitative estimate of drug-likeness (QED) is 0.877. The van der Waals surface area contributed by atoms with Crippen molar-refractivity contribution in [2.75, 3.05) is 0 Å². The van der Waals surface area contributed by atoms with Gasteiger partial charge in [0.25, 0.3) is 0 Å². The summed E-state index contributed by atoms with van der Waals surface area (Å²) < 4.78 is 2.34. The van der Waals surface area contributed by atoms with Gasteiger partial charge in [-0.15, -0.1) is 10.2 Å². The number of nitrogens with one attached hydrogen (secondary N) is 1. The van der Waals surface area contributed by atoms with Crippen LogP contribution in [-0.4, -0.2) is 20.3 Å². The molecule has 1 heterocycles. The Morgan fingerprint density at radius 3 is 2.47 bits per heavy atom. The van der Waals surface area contributed by atoms with Crippen molar-refractivity contribution in [2.45, 2.75) is 71.5 Å². The standard InChI is InChI=1S/C13H24N4/c1-10-15-16-12(9-14-13(2,3)4)17(10)11-7-5-6-8-11/h11,14H,5-9H2,1-4H3. The van der Waals surface area contributed by atoms with Crippen LogP contribution in [0.1, 0.15) is 64.1 Å². The smallest absolute Gasteiger partial charge is 0.147 e. The van der Waals surface area contributed by atoms with Crippen molar-refractivity contribution in [2.24, 2.45) is 0 Å². The van der Waals surface area contributed by atoms with E-state index in [0.29, 0.717) is 6.04 Å². The van der Waals surface area contributed by atoms with Gasteiger partial charge in [-0.2, -0.15) is 0 Å². The lowest BCUT2D eigenvalue weighted by atomic mass is 10.1. The molecule has 0 aliphatic heterocycles. The molecule has 1 aliphatic rings. The predicted octanol–water partition coefficient (Wildman–Crippen LogP) is 2.59. The number of rotatable bonds is 3. The van der Waals surface area contributed by atoms with Gasteiger partial charge in [0.15, 0.2) is 0 Å². The number of hydrogen-bond acceptors (Lipinski definition) is 3. The molecule has 0 radical (unpaired) electrons. The first-order valence-electron chi connectivity index (χ1n) is 6.63. The van der Waals surface area contributed by atoms with Crippen molar-refractivity contribution < 1.29 is 0 Å². The van der Waals surface area contributed by atoms with E-state index in [-0.39, 0.29) is 5.54 Å². The van der Waals surface area contributed by atoms with E-state index in [1.54, 1.807) is 0 Å². The monoisotopic (exact) mass is 236 g/mol. The lowest BCUT2D eigenvalue weighted by Gasteiger charge is -2.22. The van der Waals surface area contributed by atoms with Crippen LogP contribution in [0.2, 0.25) is 0 Å². The number of hydrogen-bond donors (Lipinski definition) is 1. The van der Waals surface area contributed by atoms with Crippen LogP contribution in [0.4, 0.5) is 0 Å². The molecule has 1 aromatic rings. The fraction of sp³-hybridized carbons (Fsp3) is 0.846. The van der Waals surface area contributed by atoms with Gasteiger partial charge in [-0.25, -0.2) is 0 Å². The summed E-state index contributed by atoms with van der Waals surface area (Å²) in [5, 5.41) is 12.0. The zero-order chi connectivity index (χ0) is 12.5. The van der Waals surface area contributed by atoms with Crippen LogP contribution in [0.5, 0.6) is 0 Å².